The van der Waals surface area contributed by atoms with Crippen LogP contribution in [0.2, 0.25) is 10.0 Å². The van der Waals surface area contributed by atoms with Crippen molar-refractivity contribution < 1.29 is 9.18 Å². The van der Waals surface area contributed by atoms with Gasteiger partial charge >= 0.3 is 0 Å². The van der Waals surface area contributed by atoms with Gasteiger partial charge in [0.05, 0.1) is 32.8 Å². The number of carbonyl (C=O) groups excluding carboxylic acids is 1. The number of aryl methyl sites for hydroxylation is 1. The first-order valence-electron chi connectivity index (χ1n) is 10.9. The Labute approximate surface area is 207 Å². The minimum absolute atomic E-state index is 0.0561. The van der Waals surface area contributed by atoms with Crippen molar-refractivity contribution in [2.45, 2.75) is 38.8 Å². The predicted molar refractivity (Wildman–Crippen MR) is 134 cm³/mol. The van der Waals surface area contributed by atoms with Crippen LogP contribution in [0.3, 0.4) is 0 Å². The molecule has 0 aliphatic carbocycles. The van der Waals surface area contributed by atoms with Crippen molar-refractivity contribution in [3.63, 3.8) is 0 Å². The lowest BCUT2D eigenvalue weighted by atomic mass is 9.87. The van der Waals surface area contributed by atoms with Gasteiger partial charge in [-0.15, -0.1) is 0 Å². The number of halogens is 3. The van der Waals surface area contributed by atoms with Crippen molar-refractivity contribution in [3.05, 3.63) is 80.6 Å². The molecule has 178 valence electrons. The molecule has 0 spiro atoms. The van der Waals surface area contributed by atoms with E-state index in [2.05, 4.69) is 16.9 Å². The van der Waals surface area contributed by atoms with Crippen molar-refractivity contribution >= 4 is 45.7 Å². The number of hydrogen-bond donors (Lipinski definition) is 1. The molecule has 0 radical (unpaired) electrons. The zero-order valence-electron chi connectivity index (χ0n) is 19.2. The van der Waals surface area contributed by atoms with E-state index in [0.717, 1.165) is 0 Å². The topological polar surface area (TPSA) is 67.2 Å². The fourth-order valence-corrected chi connectivity index (χ4v) is 5.09. The van der Waals surface area contributed by atoms with Gasteiger partial charge in [0.25, 0.3) is 5.56 Å². The number of benzene rings is 2. The highest BCUT2D eigenvalue weighted by Gasteiger charge is 2.44. The summed E-state index contributed by atoms with van der Waals surface area (Å²) in [7, 11) is 0. The molecule has 1 aromatic heterocycles. The quantitative estimate of drug-likeness (QED) is 0.371. The number of carbonyl (C=O) groups is 1. The zero-order valence-corrected chi connectivity index (χ0v) is 20.7. The minimum atomic E-state index is -1.07. The summed E-state index contributed by atoms with van der Waals surface area (Å²) >= 11 is 12.8. The third kappa shape index (κ3) is 3.97. The molecule has 4 rings (SSSR count). The molecule has 2 aromatic carbocycles. The van der Waals surface area contributed by atoms with Crippen LogP contribution in [0.1, 0.15) is 37.4 Å². The summed E-state index contributed by atoms with van der Waals surface area (Å²) in [5.74, 6) is -0.793. The molecule has 0 bridgehead atoms. The summed E-state index contributed by atoms with van der Waals surface area (Å²) in [5, 5.41) is 4.22. The van der Waals surface area contributed by atoms with Gasteiger partial charge in [-0.1, -0.05) is 29.8 Å². The highest BCUT2D eigenvalue weighted by molar-refractivity contribution is 6.42. The molecule has 1 N–H and O–H groups in total. The van der Waals surface area contributed by atoms with E-state index in [0.29, 0.717) is 35.1 Å². The Balaban J connectivity index is 1.90. The first-order valence-corrected chi connectivity index (χ1v) is 11.7. The van der Waals surface area contributed by atoms with Crippen molar-refractivity contribution in [1.82, 2.24) is 14.5 Å². The number of amides is 1. The lowest BCUT2D eigenvalue weighted by molar-refractivity contribution is -0.125. The number of anilines is 1. The third-order valence-electron chi connectivity index (χ3n) is 6.42. The molecule has 3 aromatic rings. The molecular formula is C25H25Cl2FN4O2. The predicted octanol–water partition coefficient (Wildman–Crippen LogP) is 5.46. The third-order valence-corrected chi connectivity index (χ3v) is 7.23. The van der Waals surface area contributed by atoms with E-state index in [-0.39, 0.29) is 39.7 Å². The first kappa shape index (κ1) is 24.2. The van der Waals surface area contributed by atoms with Gasteiger partial charge in [-0.2, -0.15) is 0 Å². The Morgan fingerprint density at radius 2 is 2.03 bits per heavy atom. The lowest BCUT2D eigenvalue weighted by Gasteiger charge is -2.34. The normalized spacial score (nSPS) is 18.0. The average Bonchev–Trinajstić information content (AvgIpc) is 3.22. The van der Waals surface area contributed by atoms with Crippen LogP contribution in [0.15, 0.2) is 48.0 Å². The number of likely N-dealkylation sites (tertiary alicyclic amines) is 1. The van der Waals surface area contributed by atoms with Crippen LogP contribution in [-0.2, 0) is 10.3 Å². The van der Waals surface area contributed by atoms with E-state index in [1.807, 2.05) is 20.8 Å². The summed E-state index contributed by atoms with van der Waals surface area (Å²) in [5.41, 5.74) is 0.833. The zero-order chi connectivity index (χ0) is 24.8. The highest BCUT2D eigenvalue weighted by atomic mass is 35.5. The van der Waals surface area contributed by atoms with Crippen LogP contribution in [-0.4, -0.2) is 33.4 Å². The number of rotatable bonds is 5. The van der Waals surface area contributed by atoms with Gasteiger partial charge in [-0.05, 0) is 63.1 Å². The molecule has 1 fully saturated rings. The number of hydrogen-bond acceptors (Lipinski definition) is 4. The summed E-state index contributed by atoms with van der Waals surface area (Å²) < 4.78 is 16.8. The second-order valence-electron chi connectivity index (χ2n) is 8.82. The Bertz CT molecular complexity index is 1370. The molecule has 1 aliphatic heterocycles. The minimum Gasteiger partial charge on any atom is -0.373 e. The van der Waals surface area contributed by atoms with Gasteiger partial charge in [-0.25, -0.2) is 9.37 Å². The van der Waals surface area contributed by atoms with Crippen LogP contribution < -0.4 is 10.9 Å². The average molecular weight is 503 g/mol. The Morgan fingerprint density at radius 3 is 2.71 bits per heavy atom. The second kappa shape index (κ2) is 9.04. The SMILES string of the molecule is C=CC(=O)N1CC[C@@](Nc2ccc3ncn(C(C)C)c(=O)c3c2C)(c2c(F)ccc(Cl)c2Cl)C1. The Hall–Kier alpha value is -2.90. The molecule has 6 nitrogen and oxygen atoms in total. The van der Waals surface area contributed by atoms with Gasteiger partial charge in [0.1, 0.15) is 5.82 Å². The van der Waals surface area contributed by atoms with Crippen LogP contribution >= 0.6 is 23.2 Å². The summed E-state index contributed by atoms with van der Waals surface area (Å²) in [6.45, 7) is 9.73. The number of fused-ring (bicyclic) bond motifs is 1. The highest BCUT2D eigenvalue weighted by Crippen LogP contribution is 2.43. The molecule has 1 saturated heterocycles. The molecule has 1 atom stereocenters. The van der Waals surface area contributed by atoms with Gasteiger partial charge in [-0.3, -0.25) is 14.2 Å². The summed E-state index contributed by atoms with van der Waals surface area (Å²) in [4.78, 5) is 31.6. The van der Waals surface area contributed by atoms with Gasteiger partial charge in [0.2, 0.25) is 5.91 Å². The van der Waals surface area contributed by atoms with Gasteiger partial charge in [0.15, 0.2) is 0 Å². The van der Waals surface area contributed by atoms with E-state index >= 15 is 4.39 Å². The van der Waals surface area contributed by atoms with Crippen LogP contribution in [0.5, 0.6) is 0 Å². The largest absolute Gasteiger partial charge is 0.373 e. The van der Waals surface area contributed by atoms with Crippen molar-refractivity contribution in [2.24, 2.45) is 0 Å². The van der Waals surface area contributed by atoms with Crippen LogP contribution in [0.4, 0.5) is 10.1 Å². The smallest absolute Gasteiger partial charge is 0.261 e. The molecule has 1 amide bonds. The Morgan fingerprint density at radius 1 is 1.29 bits per heavy atom. The van der Waals surface area contributed by atoms with E-state index in [1.54, 1.807) is 27.9 Å². The molecule has 0 saturated carbocycles. The number of nitrogens with zero attached hydrogens (tertiary/aromatic N) is 3. The fourth-order valence-electron chi connectivity index (χ4n) is 4.60. The van der Waals surface area contributed by atoms with Gasteiger partial charge < -0.3 is 10.2 Å². The summed E-state index contributed by atoms with van der Waals surface area (Å²) in [6.07, 6.45) is 3.15. The van der Waals surface area contributed by atoms with E-state index < -0.39 is 11.4 Å². The molecule has 34 heavy (non-hydrogen) atoms. The van der Waals surface area contributed by atoms with E-state index in [4.69, 9.17) is 23.2 Å². The van der Waals surface area contributed by atoms with Crippen LogP contribution in [0.25, 0.3) is 10.9 Å². The molecule has 0 unspecified atom stereocenters. The van der Waals surface area contributed by atoms with Gasteiger partial charge in [0, 0.05) is 30.4 Å². The van der Waals surface area contributed by atoms with E-state index in [9.17, 15) is 9.59 Å². The molecular weight excluding hydrogens is 478 g/mol. The summed E-state index contributed by atoms with van der Waals surface area (Å²) in [6, 6.07) is 6.17. The van der Waals surface area contributed by atoms with Crippen LogP contribution in [0, 0.1) is 12.7 Å². The maximum Gasteiger partial charge on any atom is 0.261 e. The number of aromatic nitrogens is 2. The van der Waals surface area contributed by atoms with Crippen molar-refractivity contribution in [1.29, 1.82) is 0 Å². The lowest BCUT2D eigenvalue weighted by Crippen LogP contribution is -2.41. The van der Waals surface area contributed by atoms with Crippen molar-refractivity contribution in [3.8, 4) is 0 Å². The Kier molecular flexibility index (Phi) is 6.44. The first-order chi connectivity index (χ1) is 16.1. The maximum atomic E-state index is 15.2. The second-order valence-corrected chi connectivity index (χ2v) is 9.61. The standard InChI is InChI=1S/C25H25Cl2FN4O2/c1-5-20(33)31-11-10-25(12-31,22-17(28)7-6-16(26)23(22)27)30-18-8-9-19-21(15(18)4)24(34)32(13-29-19)14(2)3/h5-9,13-14,30H,1,10-12H2,2-4H3/t25-/m0/s1. The molecule has 1 aliphatic rings. The molecule has 2 heterocycles. The van der Waals surface area contributed by atoms with Crippen molar-refractivity contribution in [2.75, 3.05) is 18.4 Å². The maximum absolute atomic E-state index is 15.2. The fraction of sp³-hybridized carbons (Fsp3) is 0.320. The number of nitrogens with one attached hydrogen (secondary N) is 1. The monoisotopic (exact) mass is 502 g/mol. The molecule has 9 heteroatoms. The van der Waals surface area contributed by atoms with E-state index in [1.165, 1.54) is 18.2 Å².